The molecule has 0 N–H and O–H groups in total. The number of nitrogens with zero attached hydrogens (tertiary/aromatic N) is 1. The van der Waals surface area contributed by atoms with E-state index in [1.807, 2.05) is 12.3 Å². The topological polar surface area (TPSA) is 12.4 Å². The molecule has 1 aromatic carbocycles. The van der Waals surface area contributed by atoms with Gasteiger partial charge in [-0.2, -0.15) is 0 Å². The first-order valence-electron chi connectivity index (χ1n) is 4.78. The maximum absolute atomic E-state index is 4.47. The molecular formula is C12H17N. The van der Waals surface area contributed by atoms with E-state index in [0.717, 1.165) is 0 Å². The summed E-state index contributed by atoms with van der Waals surface area (Å²) in [5.74, 6) is 0.533. The van der Waals surface area contributed by atoms with Crippen LogP contribution in [0, 0.1) is 5.92 Å². The lowest BCUT2D eigenvalue weighted by atomic mass is 10.1. The summed E-state index contributed by atoms with van der Waals surface area (Å²) >= 11 is 0. The van der Waals surface area contributed by atoms with Gasteiger partial charge in [-0.3, -0.25) is 4.99 Å². The van der Waals surface area contributed by atoms with Gasteiger partial charge in [0.25, 0.3) is 0 Å². The molecule has 13 heavy (non-hydrogen) atoms. The van der Waals surface area contributed by atoms with Crippen molar-refractivity contribution in [3.05, 3.63) is 35.9 Å². The number of aliphatic imine (C=N–C) groups is 1. The van der Waals surface area contributed by atoms with Crippen LogP contribution in [-0.2, 0) is 0 Å². The molecule has 70 valence electrons. The Bertz CT molecular complexity index is 262. The van der Waals surface area contributed by atoms with Gasteiger partial charge < -0.3 is 0 Å². The summed E-state index contributed by atoms with van der Waals surface area (Å²) < 4.78 is 0. The molecule has 0 amide bonds. The highest BCUT2D eigenvalue weighted by atomic mass is 14.8. The van der Waals surface area contributed by atoms with E-state index in [4.69, 9.17) is 0 Å². The largest absolute Gasteiger partial charge is 0.289 e. The van der Waals surface area contributed by atoms with Crippen molar-refractivity contribution < 1.29 is 0 Å². The highest BCUT2D eigenvalue weighted by Gasteiger charge is 1.99. The first kappa shape index (κ1) is 9.97. The Morgan fingerprint density at radius 3 is 2.23 bits per heavy atom. The number of hydrogen-bond donors (Lipinski definition) is 0. The predicted octanol–water partition coefficient (Wildman–Crippen LogP) is 3.47. The minimum Gasteiger partial charge on any atom is -0.289 e. The first-order valence-corrected chi connectivity index (χ1v) is 4.78. The molecule has 0 fully saturated rings. The second kappa shape index (κ2) is 4.80. The smallest absolute Gasteiger partial charge is 0.0717 e. The van der Waals surface area contributed by atoms with E-state index in [0.29, 0.717) is 5.92 Å². The summed E-state index contributed by atoms with van der Waals surface area (Å²) in [6.45, 7) is 6.40. The Labute approximate surface area is 80.5 Å². The molecule has 1 nitrogen and oxygen atoms in total. The summed E-state index contributed by atoms with van der Waals surface area (Å²) in [4.78, 5) is 4.47. The second-order valence-corrected chi connectivity index (χ2v) is 3.63. The van der Waals surface area contributed by atoms with Gasteiger partial charge in [0.05, 0.1) is 6.04 Å². The maximum atomic E-state index is 4.47. The molecule has 0 aliphatic rings. The van der Waals surface area contributed by atoms with Crippen LogP contribution < -0.4 is 0 Å². The summed E-state index contributed by atoms with van der Waals surface area (Å²) in [6.07, 6.45) is 2.01. The third kappa shape index (κ3) is 3.41. The Kier molecular flexibility index (Phi) is 3.69. The van der Waals surface area contributed by atoms with Gasteiger partial charge >= 0.3 is 0 Å². The fourth-order valence-electron chi connectivity index (χ4n) is 1.12. The number of rotatable bonds is 3. The van der Waals surface area contributed by atoms with Gasteiger partial charge in [0.15, 0.2) is 0 Å². The van der Waals surface area contributed by atoms with Gasteiger partial charge in [-0.1, -0.05) is 44.2 Å². The van der Waals surface area contributed by atoms with Gasteiger partial charge in [-0.15, -0.1) is 0 Å². The van der Waals surface area contributed by atoms with Crippen molar-refractivity contribution in [3.8, 4) is 0 Å². The van der Waals surface area contributed by atoms with E-state index < -0.39 is 0 Å². The molecule has 0 saturated carbocycles. The fourth-order valence-corrected chi connectivity index (χ4v) is 1.12. The molecule has 0 heterocycles. The van der Waals surface area contributed by atoms with Crippen molar-refractivity contribution in [1.29, 1.82) is 0 Å². The monoisotopic (exact) mass is 175 g/mol. The van der Waals surface area contributed by atoms with Crippen molar-refractivity contribution in [2.45, 2.75) is 26.8 Å². The van der Waals surface area contributed by atoms with Crippen LogP contribution in [0.4, 0.5) is 0 Å². The van der Waals surface area contributed by atoms with Gasteiger partial charge in [0, 0.05) is 6.21 Å². The SMILES string of the molecule is CC(C)C=N[C@@H](C)c1ccccc1. The first-order chi connectivity index (χ1) is 6.20. The van der Waals surface area contributed by atoms with Crippen LogP contribution in [0.5, 0.6) is 0 Å². The standard InChI is InChI=1S/C12H17N/c1-10(2)9-13-11(3)12-7-5-4-6-8-12/h4-11H,1-3H3/t11-/m0/s1. The van der Waals surface area contributed by atoms with E-state index in [2.05, 4.69) is 50.0 Å². The zero-order valence-electron chi connectivity index (χ0n) is 8.57. The molecule has 0 bridgehead atoms. The van der Waals surface area contributed by atoms with Gasteiger partial charge in [0.2, 0.25) is 0 Å². The molecule has 0 unspecified atom stereocenters. The second-order valence-electron chi connectivity index (χ2n) is 3.63. The molecule has 1 rings (SSSR count). The average Bonchev–Trinajstić information content (AvgIpc) is 2.15. The molecular weight excluding hydrogens is 158 g/mol. The van der Waals surface area contributed by atoms with Crippen LogP contribution in [0.1, 0.15) is 32.4 Å². The molecule has 1 heteroatoms. The molecule has 0 radical (unpaired) electrons. The van der Waals surface area contributed by atoms with E-state index in [1.165, 1.54) is 5.56 Å². The molecule has 0 aliphatic heterocycles. The molecule has 0 aromatic heterocycles. The number of benzene rings is 1. The zero-order valence-corrected chi connectivity index (χ0v) is 8.57. The summed E-state index contributed by atoms with van der Waals surface area (Å²) in [5, 5.41) is 0. The van der Waals surface area contributed by atoms with Crippen LogP contribution in [-0.4, -0.2) is 6.21 Å². The van der Waals surface area contributed by atoms with Crippen LogP contribution in [0.2, 0.25) is 0 Å². The lowest BCUT2D eigenvalue weighted by molar-refractivity contribution is 0.800. The molecule has 0 aliphatic carbocycles. The Morgan fingerprint density at radius 2 is 1.69 bits per heavy atom. The summed E-state index contributed by atoms with van der Waals surface area (Å²) in [6, 6.07) is 10.6. The average molecular weight is 175 g/mol. The van der Waals surface area contributed by atoms with Crippen molar-refractivity contribution >= 4 is 6.21 Å². The normalized spacial score (nSPS) is 13.8. The predicted molar refractivity (Wildman–Crippen MR) is 58.2 cm³/mol. The van der Waals surface area contributed by atoms with Gasteiger partial charge in [-0.25, -0.2) is 0 Å². The van der Waals surface area contributed by atoms with Crippen molar-refractivity contribution in [2.24, 2.45) is 10.9 Å². The summed E-state index contributed by atoms with van der Waals surface area (Å²) in [5.41, 5.74) is 1.28. The van der Waals surface area contributed by atoms with E-state index in [9.17, 15) is 0 Å². The van der Waals surface area contributed by atoms with E-state index in [-0.39, 0.29) is 6.04 Å². The quantitative estimate of drug-likeness (QED) is 0.624. The Hall–Kier alpha value is -1.11. The fraction of sp³-hybridized carbons (Fsp3) is 0.417. The van der Waals surface area contributed by atoms with Crippen molar-refractivity contribution in [2.75, 3.05) is 0 Å². The third-order valence-corrected chi connectivity index (χ3v) is 1.89. The van der Waals surface area contributed by atoms with Crippen molar-refractivity contribution in [1.82, 2.24) is 0 Å². The minimum absolute atomic E-state index is 0.281. The maximum Gasteiger partial charge on any atom is 0.0717 e. The highest BCUT2D eigenvalue weighted by Crippen LogP contribution is 2.15. The molecule has 1 aromatic rings. The van der Waals surface area contributed by atoms with E-state index >= 15 is 0 Å². The van der Waals surface area contributed by atoms with Crippen LogP contribution >= 0.6 is 0 Å². The zero-order chi connectivity index (χ0) is 9.68. The summed E-state index contributed by atoms with van der Waals surface area (Å²) in [7, 11) is 0. The van der Waals surface area contributed by atoms with Gasteiger partial charge in [-0.05, 0) is 18.4 Å². The lowest BCUT2D eigenvalue weighted by Crippen LogP contribution is -1.93. The lowest BCUT2D eigenvalue weighted by Gasteiger charge is -2.06. The van der Waals surface area contributed by atoms with Crippen molar-refractivity contribution in [3.63, 3.8) is 0 Å². The van der Waals surface area contributed by atoms with Crippen LogP contribution in [0.3, 0.4) is 0 Å². The molecule has 0 saturated heterocycles. The van der Waals surface area contributed by atoms with E-state index in [1.54, 1.807) is 0 Å². The molecule has 1 atom stereocenters. The third-order valence-electron chi connectivity index (χ3n) is 1.89. The highest BCUT2D eigenvalue weighted by molar-refractivity contribution is 5.60. The van der Waals surface area contributed by atoms with Gasteiger partial charge in [0.1, 0.15) is 0 Å². The Balaban J connectivity index is 2.64. The van der Waals surface area contributed by atoms with Crippen LogP contribution in [0.15, 0.2) is 35.3 Å². The Morgan fingerprint density at radius 1 is 1.08 bits per heavy atom. The number of hydrogen-bond acceptors (Lipinski definition) is 1. The van der Waals surface area contributed by atoms with Crippen LogP contribution in [0.25, 0.3) is 0 Å². The molecule has 0 spiro atoms. The minimum atomic E-state index is 0.281.